The van der Waals surface area contributed by atoms with Crippen molar-refractivity contribution in [1.29, 1.82) is 0 Å². The standard InChI is InChI=1S/C24H30N2O3/c1-3-18(2)29-22-10-8-9-20(17-22)23(27)25-21-13-11-19(12-14-21)24(28)26-15-6-4-5-7-16-26/h8-14,17-18H,3-7,15-16H2,1-2H3,(H,25,27). The lowest BCUT2D eigenvalue weighted by Crippen LogP contribution is -2.31. The summed E-state index contributed by atoms with van der Waals surface area (Å²) in [7, 11) is 0. The average Bonchev–Trinajstić information content (AvgIpc) is 3.03. The summed E-state index contributed by atoms with van der Waals surface area (Å²) in [6.45, 7) is 5.71. The van der Waals surface area contributed by atoms with E-state index in [4.69, 9.17) is 4.74 Å². The van der Waals surface area contributed by atoms with Gasteiger partial charge in [-0.25, -0.2) is 0 Å². The van der Waals surface area contributed by atoms with Crippen molar-refractivity contribution < 1.29 is 14.3 Å². The molecule has 1 N–H and O–H groups in total. The predicted molar refractivity (Wildman–Crippen MR) is 116 cm³/mol. The fourth-order valence-corrected chi connectivity index (χ4v) is 3.38. The number of nitrogens with one attached hydrogen (secondary N) is 1. The van der Waals surface area contributed by atoms with Crippen LogP contribution < -0.4 is 10.1 Å². The van der Waals surface area contributed by atoms with Crippen molar-refractivity contribution in [2.45, 2.75) is 52.1 Å². The van der Waals surface area contributed by atoms with E-state index in [1.54, 1.807) is 36.4 Å². The number of amides is 2. The normalized spacial score (nSPS) is 15.3. The fraction of sp³-hybridized carbons (Fsp3) is 0.417. The maximum atomic E-state index is 12.7. The number of rotatable bonds is 6. The first-order valence-electron chi connectivity index (χ1n) is 10.5. The van der Waals surface area contributed by atoms with Crippen molar-refractivity contribution in [2.75, 3.05) is 18.4 Å². The van der Waals surface area contributed by atoms with E-state index in [0.717, 1.165) is 32.4 Å². The van der Waals surface area contributed by atoms with Crippen molar-refractivity contribution >= 4 is 17.5 Å². The van der Waals surface area contributed by atoms with Crippen LogP contribution in [0.4, 0.5) is 5.69 Å². The molecule has 5 heteroatoms. The maximum absolute atomic E-state index is 12.7. The highest BCUT2D eigenvalue weighted by atomic mass is 16.5. The summed E-state index contributed by atoms with van der Waals surface area (Å²) < 4.78 is 5.79. The van der Waals surface area contributed by atoms with E-state index in [9.17, 15) is 9.59 Å². The molecule has 0 aromatic heterocycles. The lowest BCUT2D eigenvalue weighted by molar-refractivity contribution is 0.0761. The Morgan fingerprint density at radius 3 is 2.34 bits per heavy atom. The third kappa shape index (κ3) is 5.83. The largest absolute Gasteiger partial charge is 0.491 e. The number of carbonyl (C=O) groups excluding carboxylic acids is 2. The minimum Gasteiger partial charge on any atom is -0.491 e. The highest BCUT2D eigenvalue weighted by Gasteiger charge is 2.17. The van der Waals surface area contributed by atoms with Crippen LogP contribution in [0.5, 0.6) is 5.75 Å². The molecule has 0 saturated carbocycles. The molecular weight excluding hydrogens is 364 g/mol. The van der Waals surface area contributed by atoms with Gasteiger partial charge in [0, 0.05) is 29.9 Å². The molecule has 1 saturated heterocycles. The van der Waals surface area contributed by atoms with Gasteiger partial charge in [-0.05, 0) is 68.7 Å². The van der Waals surface area contributed by atoms with E-state index in [1.807, 2.05) is 24.0 Å². The SMILES string of the molecule is CCC(C)Oc1cccc(C(=O)Nc2ccc(C(=O)N3CCCCCC3)cc2)c1. The minimum absolute atomic E-state index is 0.0691. The Morgan fingerprint density at radius 1 is 1.00 bits per heavy atom. The average molecular weight is 395 g/mol. The summed E-state index contributed by atoms with van der Waals surface area (Å²) in [6, 6.07) is 14.3. The fourth-order valence-electron chi connectivity index (χ4n) is 3.38. The van der Waals surface area contributed by atoms with Crippen molar-refractivity contribution in [3.63, 3.8) is 0 Å². The second kappa shape index (κ2) is 10.1. The summed E-state index contributed by atoms with van der Waals surface area (Å²) >= 11 is 0. The van der Waals surface area contributed by atoms with Gasteiger partial charge < -0.3 is 15.0 Å². The summed E-state index contributed by atoms with van der Waals surface area (Å²) in [6.07, 6.45) is 5.53. The molecule has 2 aromatic rings. The molecule has 5 nitrogen and oxygen atoms in total. The van der Waals surface area contributed by atoms with Crippen molar-refractivity contribution in [1.82, 2.24) is 4.90 Å². The molecule has 2 aromatic carbocycles. The molecule has 0 radical (unpaired) electrons. The molecule has 154 valence electrons. The number of likely N-dealkylation sites (tertiary alicyclic amines) is 1. The summed E-state index contributed by atoms with van der Waals surface area (Å²) in [5, 5.41) is 2.89. The smallest absolute Gasteiger partial charge is 0.255 e. The van der Waals surface area contributed by atoms with Gasteiger partial charge in [0.15, 0.2) is 0 Å². The molecule has 1 fully saturated rings. The summed E-state index contributed by atoms with van der Waals surface area (Å²) in [4.78, 5) is 27.2. The molecule has 29 heavy (non-hydrogen) atoms. The van der Waals surface area contributed by atoms with Crippen LogP contribution >= 0.6 is 0 Å². The molecule has 1 atom stereocenters. The summed E-state index contributed by atoms with van der Waals surface area (Å²) in [5.41, 5.74) is 1.86. The van der Waals surface area contributed by atoms with Crippen LogP contribution in [-0.2, 0) is 0 Å². The van der Waals surface area contributed by atoms with Crippen LogP contribution in [-0.4, -0.2) is 35.9 Å². The third-order valence-corrected chi connectivity index (χ3v) is 5.29. The first kappa shape index (κ1) is 20.9. The Morgan fingerprint density at radius 2 is 1.69 bits per heavy atom. The Labute approximate surface area is 173 Å². The first-order chi connectivity index (χ1) is 14.1. The molecule has 0 bridgehead atoms. The van der Waals surface area contributed by atoms with Gasteiger partial charge in [-0.15, -0.1) is 0 Å². The monoisotopic (exact) mass is 394 g/mol. The van der Waals surface area contributed by atoms with E-state index in [-0.39, 0.29) is 17.9 Å². The van der Waals surface area contributed by atoms with Gasteiger partial charge in [-0.2, -0.15) is 0 Å². The zero-order chi connectivity index (χ0) is 20.6. The number of benzene rings is 2. The molecular formula is C24H30N2O3. The topological polar surface area (TPSA) is 58.6 Å². The minimum atomic E-state index is -0.203. The Balaban J connectivity index is 1.62. The Hall–Kier alpha value is -2.82. The number of ether oxygens (including phenoxy) is 1. The van der Waals surface area contributed by atoms with Gasteiger partial charge in [-0.1, -0.05) is 25.8 Å². The van der Waals surface area contributed by atoms with Gasteiger partial charge in [0.1, 0.15) is 5.75 Å². The van der Waals surface area contributed by atoms with Gasteiger partial charge in [-0.3, -0.25) is 9.59 Å². The van der Waals surface area contributed by atoms with Gasteiger partial charge in [0.2, 0.25) is 0 Å². The zero-order valence-electron chi connectivity index (χ0n) is 17.3. The zero-order valence-corrected chi connectivity index (χ0v) is 17.3. The molecule has 0 aliphatic carbocycles. The Bertz CT molecular complexity index is 824. The van der Waals surface area contributed by atoms with E-state index in [1.165, 1.54) is 12.8 Å². The van der Waals surface area contributed by atoms with Crippen LogP contribution in [0.2, 0.25) is 0 Å². The lowest BCUT2D eigenvalue weighted by atomic mass is 10.1. The van der Waals surface area contributed by atoms with Crippen LogP contribution in [0.3, 0.4) is 0 Å². The lowest BCUT2D eigenvalue weighted by Gasteiger charge is -2.20. The first-order valence-corrected chi connectivity index (χ1v) is 10.5. The van der Waals surface area contributed by atoms with Gasteiger partial charge in [0.25, 0.3) is 11.8 Å². The van der Waals surface area contributed by atoms with Gasteiger partial charge >= 0.3 is 0 Å². The molecule has 1 unspecified atom stereocenters. The second-order valence-electron chi connectivity index (χ2n) is 7.60. The highest BCUT2D eigenvalue weighted by molar-refractivity contribution is 6.04. The van der Waals surface area contributed by atoms with Crippen LogP contribution in [0, 0.1) is 0 Å². The highest BCUT2D eigenvalue weighted by Crippen LogP contribution is 2.19. The summed E-state index contributed by atoms with van der Waals surface area (Å²) in [5.74, 6) is 0.552. The van der Waals surface area contributed by atoms with Crippen LogP contribution in [0.15, 0.2) is 48.5 Å². The van der Waals surface area contributed by atoms with Crippen molar-refractivity contribution in [2.24, 2.45) is 0 Å². The number of hydrogen-bond acceptors (Lipinski definition) is 3. The quantitative estimate of drug-likeness (QED) is 0.739. The van der Waals surface area contributed by atoms with E-state index < -0.39 is 0 Å². The van der Waals surface area contributed by atoms with E-state index in [0.29, 0.717) is 22.6 Å². The number of carbonyl (C=O) groups is 2. The molecule has 1 aliphatic rings. The van der Waals surface area contributed by atoms with Gasteiger partial charge in [0.05, 0.1) is 6.10 Å². The van der Waals surface area contributed by atoms with E-state index in [2.05, 4.69) is 12.2 Å². The third-order valence-electron chi connectivity index (χ3n) is 5.29. The van der Waals surface area contributed by atoms with Crippen LogP contribution in [0.25, 0.3) is 0 Å². The molecule has 1 heterocycles. The maximum Gasteiger partial charge on any atom is 0.255 e. The second-order valence-corrected chi connectivity index (χ2v) is 7.60. The van der Waals surface area contributed by atoms with Crippen molar-refractivity contribution in [3.8, 4) is 5.75 Å². The molecule has 0 spiro atoms. The van der Waals surface area contributed by atoms with E-state index >= 15 is 0 Å². The molecule has 1 aliphatic heterocycles. The molecule has 3 rings (SSSR count). The Kier molecular flexibility index (Phi) is 7.28. The predicted octanol–water partition coefficient (Wildman–Crippen LogP) is 5.13. The number of hydrogen-bond donors (Lipinski definition) is 1. The number of anilines is 1. The number of nitrogens with zero attached hydrogens (tertiary/aromatic N) is 1. The van der Waals surface area contributed by atoms with Crippen molar-refractivity contribution in [3.05, 3.63) is 59.7 Å². The molecule has 2 amide bonds. The van der Waals surface area contributed by atoms with Crippen LogP contribution in [0.1, 0.15) is 66.7 Å².